The van der Waals surface area contributed by atoms with Crippen LogP contribution in [0.2, 0.25) is 0 Å². The highest BCUT2D eigenvalue weighted by Gasteiger charge is 2.34. The molecule has 7 heteroatoms. The van der Waals surface area contributed by atoms with Gasteiger partial charge in [0.15, 0.2) is 0 Å². The number of rotatable bonds is 3. The molecule has 2 heterocycles. The second-order valence-electron chi connectivity index (χ2n) is 6.47. The average molecular weight is 320 g/mol. The van der Waals surface area contributed by atoms with Crippen LogP contribution in [-0.4, -0.2) is 53.2 Å². The Balaban J connectivity index is 1.97. The van der Waals surface area contributed by atoms with Gasteiger partial charge in [0, 0.05) is 38.6 Å². The number of ether oxygens (including phenoxy) is 1. The predicted octanol–water partition coefficient (Wildman–Crippen LogP) is 0.907. The lowest BCUT2D eigenvalue weighted by atomic mass is 10.1. The van der Waals surface area contributed by atoms with Crippen molar-refractivity contribution in [3.63, 3.8) is 0 Å². The molecule has 7 nitrogen and oxygen atoms in total. The number of nitrogens with one attached hydrogen (secondary N) is 2. The van der Waals surface area contributed by atoms with Crippen molar-refractivity contribution < 1.29 is 14.3 Å². The fourth-order valence-electron chi connectivity index (χ4n) is 2.29. The molecule has 2 N–H and O–H groups in total. The summed E-state index contributed by atoms with van der Waals surface area (Å²) in [7, 11) is 0. The van der Waals surface area contributed by atoms with E-state index in [1.165, 1.54) is 4.90 Å². The minimum Gasteiger partial charge on any atom is -0.444 e. The number of nitrogens with zero attached hydrogens (tertiary/aromatic N) is 2. The van der Waals surface area contributed by atoms with E-state index in [-0.39, 0.29) is 5.91 Å². The summed E-state index contributed by atoms with van der Waals surface area (Å²) in [5, 5.41) is 5.99. The number of hydrogen-bond donors (Lipinski definition) is 2. The summed E-state index contributed by atoms with van der Waals surface area (Å²) >= 11 is 0. The topological polar surface area (TPSA) is 83.6 Å². The van der Waals surface area contributed by atoms with E-state index < -0.39 is 17.7 Å². The zero-order chi connectivity index (χ0) is 16.9. The number of amides is 2. The molecule has 1 aliphatic heterocycles. The molecular weight excluding hydrogens is 296 g/mol. The largest absolute Gasteiger partial charge is 0.444 e. The SMILES string of the molecule is CC(C)(C)OC(=O)N1CCNCC1C(=O)NCc1cccnc1. The Morgan fingerprint density at radius 2 is 2.26 bits per heavy atom. The van der Waals surface area contributed by atoms with Crippen molar-refractivity contribution in [3.8, 4) is 0 Å². The Morgan fingerprint density at radius 3 is 2.91 bits per heavy atom. The molecule has 1 aromatic heterocycles. The van der Waals surface area contributed by atoms with E-state index >= 15 is 0 Å². The van der Waals surface area contributed by atoms with Crippen LogP contribution < -0.4 is 10.6 Å². The van der Waals surface area contributed by atoms with Gasteiger partial charge in [-0.2, -0.15) is 0 Å². The molecule has 126 valence electrons. The molecule has 1 unspecified atom stereocenters. The molecule has 0 aromatic carbocycles. The van der Waals surface area contributed by atoms with Crippen molar-refractivity contribution in [3.05, 3.63) is 30.1 Å². The molecule has 2 rings (SSSR count). The van der Waals surface area contributed by atoms with Gasteiger partial charge in [0.2, 0.25) is 5.91 Å². The van der Waals surface area contributed by atoms with Crippen LogP contribution >= 0.6 is 0 Å². The molecule has 1 saturated heterocycles. The van der Waals surface area contributed by atoms with Crippen LogP contribution in [-0.2, 0) is 16.1 Å². The number of hydrogen-bond acceptors (Lipinski definition) is 5. The molecule has 0 saturated carbocycles. The van der Waals surface area contributed by atoms with Gasteiger partial charge in [-0.3, -0.25) is 14.7 Å². The third kappa shape index (κ3) is 5.21. The zero-order valence-electron chi connectivity index (χ0n) is 13.8. The molecule has 0 bridgehead atoms. The van der Waals surface area contributed by atoms with E-state index in [2.05, 4.69) is 15.6 Å². The van der Waals surface area contributed by atoms with E-state index in [0.717, 1.165) is 5.56 Å². The van der Waals surface area contributed by atoms with E-state index in [1.807, 2.05) is 32.9 Å². The molecule has 1 fully saturated rings. The third-order valence-electron chi connectivity index (χ3n) is 3.36. The summed E-state index contributed by atoms with van der Waals surface area (Å²) in [6.45, 7) is 7.31. The van der Waals surface area contributed by atoms with Crippen LogP contribution in [0.1, 0.15) is 26.3 Å². The number of carbonyl (C=O) groups is 2. The van der Waals surface area contributed by atoms with Crippen molar-refractivity contribution >= 4 is 12.0 Å². The van der Waals surface area contributed by atoms with Crippen LogP contribution in [0.3, 0.4) is 0 Å². The van der Waals surface area contributed by atoms with Gasteiger partial charge in [-0.1, -0.05) is 6.07 Å². The van der Waals surface area contributed by atoms with E-state index in [4.69, 9.17) is 4.74 Å². The Morgan fingerprint density at radius 1 is 1.48 bits per heavy atom. The van der Waals surface area contributed by atoms with Gasteiger partial charge in [0.1, 0.15) is 11.6 Å². The summed E-state index contributed by atoms with van der Waals surface area (Å²) in [4.78, 5) is 30.2. The quantitative estimate of drug-likeness (QED) is 0.865. The van der Waals surface area contributed by atoms with Gasteiger partial charge in [-0.15, -0.1) is 0 Å². The van der Waals surface area contributed by atoms with Crippen molar-refractivity contribution in [2.24, 2.45) is 0 Å². The van der Waals surface area contributed by atoms with Crippen molar-refractivity contribution in [2.75, 3.05) is 19.6 Å². The summed E-state index contributed by atoms with van der Waals surface area (Å²) in [5.41, 5.74) is 0.326. The Labute approximate surface area is 136 Å². The van der Waals surface area contributed by atoms with Crippen molar-refractivity contribution in [2.45, 2.75) is 39.0 Å². The van der Waals surface area contributed by atoms with Crippen molar-refractivity contribution in [1.82, 2.24) is 20.5 Å². The Bertz CT molecular complexity index is 542. The van der Waals surface area contributed by atoms with Crippen LogP contribution in [0.25, 0.3) is 0 Å². The van der Waals surface area contributed by atoms with Crippen LogP contribution in [0.15, 0.2) is 24.5 Å². The highest BCUT2D eigenvalue weighted by atomic mass is 16.6. The fourth-order valence-corrected chi connectivity index (χ4v) is 2.29. The first-order chi connectivity index (χ1) is 10.9. The number of pyridine rings is 1. The summed E-state index contributed by atoms with van der Waals surface area (Å²) in [6, 6.07) is 3.13. The molecule has 2 amide bonds. The van der Waals surface area contributed by atoms with Gasteiger partial charge >= 0.3 is 6.09 Å². The smallest absolute Gasteiger partial charge is 0.411 e. The van der Waals surface area contributed by atoms with Crippen LogP contribution in [0, 0.1) is 0 Å². The standard InChI is InChI=1S/C16H24N4O3/c1-16(2,3)23-15(22)20-8-7-18-11-13(20)14(21)19-10-12-5-4-6-17-9-12/h4-6,9,13,18H,7-8,10-11H2,1-3H3,(H,19,21). The molecule has 1 atom stereocenters. The number of piperazine rings is 1. The number of carbonyl (C=O) groups excluding carboxylic acids is 2. The lowest BCUT2D eigenvalue weighted by molar-refractivity contribution is -0.127. The van der Waals surface area contributed by atoms with E-state index in [0.29, 0.717) is 26.2 Å². The second kappa shape index (κ2) is 7.41. The molecule has 1 aliphatic rings. The second-order valence-corrected chi connectivity index (χ2v) is 6.47. The van der Waals surface area contributed by atoms with Gasteiger partial charge in [-0.05, 0) is 32.4 Å². The zero-order valence-corrected chi connectivity index (χ0v) is 13.8. The highest BCUT2D eigenvalue weighted by molar-refractivity contribution is 5.86. The lowest BCUT2D eigenvalue weighted by Gasteiger charge is -2.36. The van der Waals surface area contributed by atoms with Crippen LogP contribution in [0.5, 0.6) is 0 Å². The average Bonchev–Trinajstić information content (AvgIpc) is 2.52. The molecule has 23 heavy (non-hydrogen) atoms. The first-order valence-electron chi connectivity index (χ1n) is 7.74. The molecular formula is C16H24N4O3. The maximum absolute atomic E-state index is 12.4. The normalized spacial score (nSPS) is 18.4. The maximum Gasteiger partial charge on any atom is 0.411 e. The minimum atomic E-state index is -0.585. The Kier molecular flexibility index (Phi) is 5.54. The van der Waals surface area contributed by atoms with Crippen molar-refractivity contribution in [1.29, 1.82) is 0 Å². The van der Waals surface area contributed by atoms with Gasteiger partial charge in [-0.25, -0.2) is 4.79 Å². The number of aromatic nitrogens is 1. The fraction of sp³-hybridized carbons (Fsp3) is 0.562. The summed E-state index contributed by atoms with van der Waals surface area (Å²) in [6.07, 6.45) is 2.92. The van der Waals surface area contributed by atoms with Gasteiger partial charge < -0.3 is 15.4 Å². The lowest BCUT2D eigenvalue weighted by Crippen LogP contribution is -2.60. The molecule has 0 radical (unpaired) electrons. The predicted molar refractivity (Wildman–Crippen MR) is 85.7 cm³/mol. The maximum atomic E-state index is 12.4. The summed E-state index contributed by atoms with van der Waals surface area (Å²) < 4.78 is 5.39. The first kappa shape index (κ1) is 17.2. The van der Waals surface area contributed by atoms with E-state index in [1.54, 1.807) is 12.4 Å². The third-order valence-corrected chi connectivity index (χ3v) is 3.36. The van der Waals surface area contributed by atoms with E-state index in [9.17, 15) is 9.59 Å². The first-order valence-corrected chi connectivity index (χ1v) is 7.74. The minimum absolute atomic E-state index is 0.202. The summed E-state index contributed by atoms with van der Waals surface area (Å²) in [5.74, 6) is -0.202. The van der Waals surface area contributed by atoms with Gasteiger partial charge in [0.25, 0.3) is 0 Å². The van der Waals surface area contributed by atoms with Gasteiger partial charge in [0.05, 0.1) is 0 Å². The Hall–Kier alpha value is -2.15. The monoisotopic (exact) mass is 320 g/mol. The molecule has 0 aliphatic carbocycles. The molecule has 1 aromatic rings. The van der Waals surface area contributed by atoms with Crippen LogP contribution in [0.4, 0.5) is 4.79 Å². The highest BCUT2D eigenvalue weighted by Crippen LogP contribution is 2.13. The molecule has 0 spiro atoms.